The van der Waals surface area contributed by atoms with E-state index in [1.165, 1.54) is 8.00 Å². The first-order valence-corrected chi connectivity index (χ1v) is 5.79. The lowest BCUT2D eigenvalue weighted by atomic mass is 10.4. The zero-order valence-electron chi connectivity index (χ0n) is 5.76. The molecule has 1 aromatic rings. The van der Waals surface area contributed by atoms with Gasteiger partial charge in [0.05, 0.1) is 0 Å². The van der Waals surface area contributed by atoms with Crippen LogP contribution in [-0.2, 0) is 0 Å². The lowest BCUT2D eigenvalue weighted by Gasteiger charge is -1.79. The van der Waals surface area contributed by atoms with Crippen molar-refractivity contribution in [2.24, 2.45) is 0 Å². The Bertz CT molecular complexity index is 191. The smallest absolute Gasteiger partial charge is 0.0989 e. The second kappa shape index (κ2) is 4.50. The molecule has 0 heterocycles. The molecule has 0 nitrogen and oxygen atoms in total. The Morgan fingerprint density at radius 3 is 2.60 bits per heavy atom. The van der Waals surface area contributed by atoms with E-state index in [0.29, 0.717) is 0 Å². The molecule has 1 aromatic carbocycles. The van der Waals surface area contributed by atoms with Crippen molar-refractivity contribution in [3.8, 4) is 0 Å². The summed E-state index contributed by atoms with van der Waals surface area (Å²) in [7, 11) is 0. The highest BCUT2D eigenvalue weighted by Gasteiger charge is 2.05. The standard InChI is InChI=1S/C9H10I/c1-2-8-10-9-6-4-3-5-7-9/h2-7H,1,8H2/q+1. The molecule has 0 saturated carbocycles. The third-order valence-electron chi connectivity index (χ3n) is 1.07. The second-order valence-corrected chi connectivity index (χ2v) is 4.76. The number of alkyl halides is 1. The Hall–Kier alpha value is -0.310. The number of rotatable bonds is 3. The Kier molecular flexibility index (Phi) is 3.50. The molecule has 1 heteroatoms. The fourth-order valence-electron chi connectivity index (χ4n) is 0.647. The average Bonchev–Trinajstić information content (AvgIpc) is 2.03. The Morgan fingerprint density at radius 2 is 2.00 bits per heavy atom. The maximum atomic E-state index is 3.70. The summed E-state index contributed by atoms with van der Waals surface area (Å²) in [6, 6.07) is 10.6. The summed E-state index contributed by atoms with van der Waals surface area (Å²) >= 11 is 0.209. The van der Waals surface area contributed by atoms with Crippen LogP contribution in [0.2, 0.25) is 0 Å². The molecule has 0 saturated heterocycles. The molecular formula is C9H10I+. The lowest BCUT2D eigenvalue weighted by Crippen LogP contribution is -3.62. The van der Waals surface area contributed by atoms with E-state index in [2.05, 4.69) is 36.9 Å². The molecule has 0 N–H and O–H groups in total. The van der Waals surface area contributed by atoms with Crippen molar-refractivity contribution >= 4 is 0 Å². The van der Waals surface area contributed by atoms with Crippen LogP contribution in [0.15, 0.2) is 43.0 Å². The van der Waals surface area contributed by atoms with Crippen LogP contribution in [0, 0.1) is 3.57 Å². The predicted octanol–water partition coefficient (Wildman–Crippen LogP) is -0.869. The van der Waals surface area contributed by atoms with E-state index in [-0.39, 0.29) is 21.2 Å². The fourth-order valence-corrected chi connectivity index (χ4v) is 2.39. The van der Waals surface area contributed by atoms with E-state index in [0.717, 1.165) is 0 Å². The minimum Gasteiger partial charge on any atom is -0.0989 e. The molecule has 0 unspecified atom stereocenters. The van der Waals surface area contributed by atoms with Crippen LogP contribution in [-0.4, -0.2) is 4.43 Å². The summed E-state index contributed by atoms with van der Waals surface area (Å²) in [4.78, 5) is 0. The minimum absolute atomic E-state index is 0.209. The molecule has 52 valence electrons. The number of hydrogen-bond donors (Lipinski definition) is 0. The van der Waals surface area contributed by atoms with Crippen LogP contribution in [0.25, 0.3) is 0 Å². The molecule has 0 aromatic heterocycles. The highest BCUT2D eigenvalue weighted by atomic mass is 127. The summed E-state index contributed by atoms with van der Waals surface area (Å²) in [6.07, 6.45) is 2.00. The molecular weight excluding hydrogens is 235 g/mol. The van der Waals surface area contributed by atoms with E-state index in [9.17, 15) is 0 Å². The summed E-state index contributed by atoms with van der Waals surface area (Å²) < 4.78 is 2.68. The number of halogens is 1. The average molecular weight is 245 g/mol. The van der Waals surface area contributed by atoms with Gasteiger partial charge in [0, 0.05) is 0 Å². The molecule has 0 aliphatic carbocycles. The van der Waals surface area contributed by atoms with Gasteiger partial charge in [-0.2, -0.15) is 0 Å². The van der Waals surface area contributed by atoms with Gasteiger partial charge >= 0.3 is 21.2 Å². The second-order valence-electron chi connectivity index (χ2n) is 1.87. The highest BCUT2D eigenvalue weighted by molar-refractivity contribution is 4.99. The first-order valence-electron chi connectivity index (χ1n) is 3.18. The van der Waals surface area contributed by atoms with Crippen molar-refractivity contribution in [3.05, 3.63) is 46.6 Å². The third kappa shape index (κ3) is 2.52. The minimum atomic E-state index is 0.209. The monoisotopic (exact) mass is 245 g/mol. The van der Waals surface area contributed by atoms with Crippen molar-refractivity contribution in [1.29, 1.82) is 0 Å². The molecule has 0 aliphatic rings. The predicted molar refractivity (Wildman–Crippen MR) is 40.2 cm³/mol. The fraction of sp³-hybridized carbons (Fsp3) is 0.111. The zero-order chi connectivity index (χ0) is 7.23. The SMILES string of the molecule is C=CC[I+]c1ccccc1. The van der Waals surface area contributed by atoms with Crippen molar-refractivity contribution in [1.82, 2.24) is 0 Å². The van der Waals surface area contributed by atoms with Gasteiger partial charge in [0.1, 0.15) is 0 Å². The van der Waals surface area contributed by atoms with Gasteiger partial charge in [0.15, 0.2) is 8.00 Å². The van der Waals surface area contributed by atoms with Crippen LogP contribution in [0.1, 0.15) is 0 Å². The zero-order valence-corrected chi connectivity index (χ0v) is 7.91. The van der Waals surface area contributed by atoms with Crippen molar-refractivity contribution in [3.63, 3.8) is 0 Å². The number of allylic oxidation sites excluding steroid dienone is 1. The Balaban J connectivity index is 2.50. The number of hydrogen-bond acceptors (Lipinski definition) is 0. The van der Waals surface area contributed by atoms with Crippen LogP contribution in [0.5, 0.6) is 0 Å². The third-order valence-corrected chi connectivity index (χ3v) is 3.74. The molecule has 0 amide bonds. The topological polar surface area (TPSA) is 0 Å². The Morgan fingerprint density at radius 1 is 1.30 bits per heavy atom. The Labute approximate surface area is 72.2 Å². The van der Waals surface area contributed by atoms with Crippen LogP contribution in [0.3, 0.4) is 0 Å². The first-order chi connectivity index (χ1) is 4.93. The van der Waals surface area contributed by atoms with Crippen LogP contribution >= 0.6 is 0 Å². The maximum absolute atomic E-state index is 3.70. The first kappa shape index (κ1) is 7.79. The van der Waals surface area contributed by atoms with Crippen LogP contribution < -0.4 is 21.2 Å². The molecule has 0 aliphatic heterocycles. The van der Waals surface area contributed by atoms with Gasteiger partial charge in [0.2, 0.25) is 0 Å². The highest BCUT2D eigenvalue weighted by Crippen LogP contribution is 1.81. The van der Waals surface area contributed by atoms with Gasteiger partial charge in [-0.3, -0.25) is 0 Å². The van der Waals surface area contributed by atoms with Gasteiger partial charge in [0.25, 0.3) is 0 Å². The van der Waals surface area contributed by atoms with E-state index >= 15 is 0 Å². The van der Waals surface area contributed by atoms with Gasteiger partial charge in [-0.1, -0.05) is 24.8 Å². The van der Waals surface area contributed by atoms with Gasteiger partial charge in [-0.15, -0.1) is 0 Å². The van der Waals surface area contributed by atoms with E-state index in [4.69, 9.17) is 0 Å². The number of benzene rings is 1. The van der Waals surface area contributed by atoms with Crippen molar-refractivity contribution in [2.45, 2.75) is 0 Å². The van der Waals surface area contributed by atoms with Crippen molar-refractivity contribution in [2.75, 3.05) is 4.43 Å². The lowest BCUT2D eigenvalue weighted by molar-refractivity contribution is -0.617. The van der Waals surface area contributed by atoms with E-state index in [1.54, 1.807) is 0 Å². The van der Waals surface area contributed by atoms with E-state index < -0.39 is 0 Å². The summed E-state index contributed by atoms with van der Waals surface area (Å²) in [6.45, 7) is 3.70. The van der Waals surface area contributed by atoms with E-state index in [1.807, 2.05) is 6.08 Å². The van der Waals surface area contributed by atoms with Gasteiger partial charge < -0.3 is 0 Å². The molecule has 0 spiro atoms. The summed E-state index contributed by atoms with van der Waals surface area (Å²) in [5, 5.41) is 0. The van der Waals surface area contributed by atoms with Gasteiger partial charge in [-0.05, 0) is 18.2 Å². The molecule has 0 atom stereocenters. The molecule has 1 rings (SSSR count). The largest absolute Gasteiger partial charge is 0.317 e. The summed E-state index contributed by atoms with van der Waals surface area (Å²) in [5.41, 5.74) is 0. The molecule has 0 fully saturated rings. The molecule has 0 radical (unpaired) electrons. The quantitative estimate of drug-likeness (QED) is 0.369. The maximum Gasteiger partial charge on any atom is 0.317 e. The molecule has 0 bridgehead atoms. The van der Waals surface area contributed by atoms with Gasteiger partial charge in [-0.25, -0.2) is 0 Å². The molecule has 10 heavy (non-hydrogen) atoms. The van der Waals surface area contributed by atoms with Crippen LogP contribution in [0.4, 0.5) is 0 Å². The normalized spacial score (nSPS) is 9.20. The van der Waals surface area contributed by atoms with Crippen molar-refractivity contribution < 1.29 is 21.2 Å². The summed E-state index contributed by atoms with van der Waals surface area (Å²) in [5.74, 6) is 0.